The molecular weight excluding hydrogens is 581 g/mol. The molecule has 3 aromatic carbocycles. The van der Waals surface area contributed by atoms with Crippen LogP contribution in [0.25, 0.3) is 21.9 Å². The molecule has 0 N–H and O–H groups in total. The second-order valence-corrected chi connectivity index (χ2v) is 20.2. The van der Waals surface area contributed by atoms with Gasteiger partial charge in [0.05, 0.1) is 13.8 Å². The monoisotopic (exact) mass is 610 g/mol. The molecule has 3 aliphatic heterocycles. The van der Waals surface area contributed by atoms with E-state index in [1.807, 2.05) is 6.21 Å². The molecule has 179 valence electrons. The summed E-state index contributed by atoms with van der Waals surface area (Å²) in [5.41, 5.74) is 8.29. The number of allylic oxidation sites excluding steroid dienone is 4. The van der Waals surface area contributed by atoms with Gasteiger partial charge in [-0.05, 0) is 34.5 Å². The molecule has 6 heteroatoms. The van der Waals surface area contributed by atoms with Gasteiger partial charge in [-0.25, -0.2) is 0 Å². The Kier molecular flexibility index (Phi) is 9.17. The van der Waals surface area contributed by atoms with Crippen LogP contribution in [-0.4, -0.2) is 22.4 Å². The molecule has 3 aromatic rings. The molecule has 2 bridgehead atoms. The molecule has 0 unspecified atom stereocenters. The SMILES string of the molecule is CC1=C2C3=CC=NC3=C1[Si]2(C)C.Cc1cc2c(-c3ccc([Si](C)(C)C)cc3)cccc2[cH-]1.[Cl-].[Cl-].[Zr+3]. The van der Waals surface area contributed by atoms with Crippen LogP contribution in [0.3, 0.4) is 0 Å². The summed E-state index contributed by atoms with van der Waals surface area (Å²) in [5.74, 6) is 0. The van der Waals surface area contributed by atoms with Gasteiger partial charge in [-0.2, -0.15) is 6.07 Å². The third-order valence-corrected chi connectivity index (χ3v) is 13.0. The molecule has 0 saturated heterocycles. The summed E-state index contributed by atoms with van der Waals surface area (Å²) in [4.78, 5) is 4.42. The minimum atomic E-state index is -1.21. The van der Waals surface area contributed by atoms with Crippen molar-refractivity contribution in [3.63, 3.8) is 0 Å². The van der Waals surface area contributed by atoms with E-state index in [0.29, 0.717) is 0 Å². The van der Waals surface area contributed by atoms with E-state index in [2.05, 4.69) is 112 Å². The Balaban J connectivity index is 0.000000249. The number of aryl methyl sites for hydroxylation is 1. The quantitative estimate of drug-likeness (QED) is 0.307. The maximum atomic E-state index is 4.42. The summed E-state index contributed by atoms with van der Waals surface area (Å²) >= 11 is 0. The topological polar surface area (TPSA) is 12.4 Å². The molecule has 0 fully saturated rings. The van der Waals surface area contributed by atoms with E-state index in [-0.39, 0.29) is 51.0 Å². The molecule has 1 radical (unpaired) electrons. The first-order chi connectivity index (χ1) is 15.1. The largest absolute Gasteiger partial charge is 3.00 e. The van der Waals surface area contributed by atoms with E-state index in [9.17, 15) is 0 Å². The van der Waals surface area contributed by atoms with Crippen LogP contribution in [0.15, 0.2) is 92.9 Å². The molecule has 4 aliphatic rings. The van der Waals surface area contributed by atoms with Crippen LogP contribution in [0.5, 0.6) is 0 Å². The van der Waals surface area contributed by atoms with Crippen molar-refractivity contribution in [3.8, 4) is 11.1 Å². The van der Waals surface area contributed by atoms with Crippen molar-refractivity contribution in [2.24, 2.45) is 4.99 Å². The van der Waals surface area contributed by atoms with Gasteiger partial charge in [-0.15, -0.1) is 34.5 Å². The third-order valence-electron chi connectivity index (χ3n) is 7.16. The van der Waals surface area contributed by atoms with E-state index in [1.54, 1.807) is 10.4 Å². The molecule has 0 saturated carbocycles. The van der Waals surface area contributed by atoms with Crippen molar-refractivity contribution < 1.29 is 51.0 Å². The Labute approximate surface area is 243 Å². The van der Waals surface area contributed by atoms with Crippen LogP contribution in [0.4, 0.5) is 0 Å². The summed E-state index contributed by atoms with van der Waals surface area (Å²) in [6, 6.07) is 20.3. The van der Waals surface area contributed by atoms with Crippen LogP contribution in [-0.2, 0) is 26.2 Å². The number of rotatable bonds is 2. The molecule has 0 amide bonds. The first-order valence-electron chi connectivity index (χ1n) is 11.6. The number of hydrogen-bond acceptors (Lipinski definition) is 1. The van der Waals surface area contributed by atoms with Crippen molar-refractivity contribution in [1.82, 2.24) is 0 Å². The summed E-state index contributed by atoms with van der Waals surface area (Å²) in [6.07, 6.45) is 4.10. The van der Waals surface area contributed by atoms with Crippen LogP contribution < -0.4 is 30.0 Å². The molecule has 7 rings (SSSR count). The van der Waals surface area contributed by atoms with Gasteiger partial charge < -0.3 is 24.8 Å². The molecule has 35 heavy (non-hydrogen) atoms. The van der Waals surface area contributed by atoms with Gasteiger partial charge in [-0.3, -0.25) is 4.99 Å². The number of fused-ring (bicyclic) bond motifs is 1. The number of halogens is 2. The van der Waals surface area contributed by atoms with Gasteiger partial charge in [0.1, 0.15) is 8.07 Å². The van der Waals surface area contributed by atoms with E-state index >= 15 is 0 Å². The molecule has 0 aromatic heterocycles. The Morgan fingerprint density at radius 3 is 2.11 bits per heavy atom. The summed E-state index contributed by atoms with van der Waals surface area (Å²) in [6.45, 7) is 16.4. The molecule has 0 spiro atoms. The van der Waals surface area contributed by atoms with E-state index in [1.165, 1.54) is 49.5 Å². The number of benzene rings is 2. The third kappa shape index (κ3) is 5.02. The van der Waals surface area contributed by atoms with Gasteiger partial charge >= 0.3 is 26.2 Å². The first-order valence-corrected chi connectivity index (χ1v) is 18.1. The Hall–Kier alpha value is -1.16. The van der Waals surface area contributed by atoms with E-state index in [0.717, 1.165) is 0 Å². The van der Waals surface area contributed by atoms with Crippen LogP contribution in [0.2, 0.25) is 32.7 Å². The van der Waals surface area contributed by atoms with Gasteiger partial charge in [-0.1, -0.05) is 80.7 Å². The molecular formula is C29H32Cl2NSi2Zr. The maximum Gasteiger partial charge on any atom is 3.00 e. The van der Waals surface area contributed by atoms with Gasteiger partial charge in [0.25, 0.3) is 0 Å². The smallest absolute Gasteiger partial charge is 1.00 e. The van der Waals surface area contributed by atoms with Crippen LogP contribution in [0, 0.1) is 6.92 Å². The van der Waals surface area contributed by atoms with Crippen molar-refractivity contribution >= 4 is 38.3 Å². The summed E-state index contributed by atoms with van der Waals surface area (Å²) < 4.78 is 0. The Morgan fingerprint density at radius 1 is 0.886 bits per heavy atom. The predicted molar refractivity (Wildman–Crippen MR) is 146 cm³/mol. The molecule has 3 heterocycles. The van der Waals surface area contributed by atoms with Crippen molar-refractivity contribution in [2.45, 2.75) is 46.6 Å². The average molecular weight is 613 g/mol. The molecule has 0 atom stereocenters. The van der Waals surface area contributed by atoms with Gasteiger partial charge in [0.15, 0.2) is 0 Å². The molecule has 1 aliphatic carbocycles. The Bertz CT molecular complexity index is 1380. The second kappa shape index (κ2) is 10.7. The maximum absolute atomic E-state index is 4.42. The summed E-state index contributed by atoms with van der Waals surface area (Å²) in [7, 11) is -2.33. The second-order valence-electron chi connectivity index (χ2n) is 10.9. The zero-order chi connectivity index (χ0) is 22.8. The number of hydrogen-bond donors (Lipinski definition) is 0. The number of aliphatic imine (C=N–C) groups is 1. The average Bonchev–Trinajstić information content (AvgIpc) is 3.43. The first kappa shape index (κ1) is 30.1. The minimum absolute atomic E-state index is 0. The summed E-state index contributed by atoms with van der Waals surface area (Å²) in [5, 5.41) is 7.50. The van der Waals surface area contributed by atoms with Gasteiger partial charge in [0, 0.05) is 11.8 Å². The fourth-order valence-electron chi connectivity index (χ4n) is 5.66. The normalized spacial score (nSPS) is 16.4. The zero-order valence-corrected chi connectivity index (χ0v) is 27.5. The number of nitrogens with zero attached hydrogens (tertiary/aromatic N) is 1. The zero-order valence-electron chi connectivity index (χ0n) is 21.6. The van der Waals surface area contributed by atoms with Crippen LogP contribution in [0.1, 0.15) is 12.5 Å². The minimum Gasteiger partial charge on any atom is -1.00 e. The van der Waals surface area contributed by atoms with Crippen molar-refractivity contribution in [2.75, 3.05) is 0 Å². The van der Waals surface area contributed by atoms with Crippen LogP contribution >= 0.6 is 0 Å². The van der Waals surface area contributed by atoms with Crippen molar-refractivity contribution in [3.05, 3.63) is 93.5 Å². The van der Waals surface area contributed by atoms with Gasteiger partial charge in [0.2, 0.25) is 0 Å². The van der Waals surface area contributed by atoms with Crippen molar-refractivity contribution in [1.29, 1.82) is 0 Å². The van der Waals surface area contributed by atoms with E-state index < -0.39 is 16.1 Å². The molecule has 1 nitrogen and oxygen atoms in total. The Morgan fingerprint density at radius 2 is 1.54 bits per heavy atom. The predicted octanol–water partition coefficient (Wildman–Crippen LogP) is 1.47. The fourth-order valence-corrected chi connectivity index (χ4v) is 10.7. The standard InChI is InChI=1S/C19H21Si.C10H11NSi.2ClH.Zr/c1-14-12-16-6-5-7-18(19(16)13-14)15-8-10-17(11-9-15)20(2,3)4;1-6-9-7-4-5-11-8(7)10(6)12(9,2)3;;;/h5-13H,1-4H3;4-5H,1-3H3;2*1H;/q-1;;;;+3/p-2. The van der Waals surface area contributed by atoms with E-state index in [4.69, 9.17) is 0 Å². The fraction of sp³-hybridized carbons (Fsp3) is 0.241.